The van der Waals surface area contributed by atoms with Crippen molar-refractivity contribution < 1.29 is 19.0 Å². The highest BCUT2D eigenvalue weighted by molar-refractivity contribution is 5.91. The second-order valence-electron chi connectivity index (χ2n) is 4.00. The van der Waals surface area contributed by atoms with Crippen molar-refractivity contribution in [1.29, 1.82) is 0 Å². The van der Waals surface area contributed by atoms with Crippen molar-refractivity contribution >= 4 is 5.97 Å². The summed E-state index contributed by atoms with van der Waals surface area (Å²) in [6.45, 7) is 0.299. The van der Waals surface area contributed by atoms with Crippen LogP contribution in [0.1, 0.15) is 15.9 Å². The first-order valence-electron chi connectivity index (χ1n) is 5.87. The van der Waals surface area contributed by atoms with Crippen LogP contribution in [0.5, 0.6) is 5.75 Å². The zero-order valence-electron chi connectivity index (χ0n) is 10.2. The summed E-state index contributed by atoms with van der Waals surface area (Å²) in [6, 6.07) is 13.6. The number of carboxylic acids is 1. The van der Waals surface area contributed by atoms with Crippen LogP contribution < -0.4 is 4.74 Å². The molecule has 1 N–H and O–H groups in total. The maximum absolute atomic E-state index is 13.4. The van der Waals surface area contributed by atoms with Crippen molar-refractivity contribution in [3.8, 4) is 5.75 Å². The lowest BCUT2D eigenvalue weighted by Gasteiger charge is -2.09. The fourth-order valence-corrected chi connectivity index (χ4v) is 1.76. The van der Waals surface area contributed by atoms with Crippen LogP contribution in [0.2, 0.25) is 0 Å². The SMILES string of the molecule is O=C(O)c1c(F)cccc1OCCc1ccccc1. The molecule has 0 unspecified atom stereocenters. The standard InChI is InChI=1S/C15H13FO3/c16-12-7-4-8-13(14(12)15(17)18)19-10-9-11-5-2-1-3-6-11/h1-8H,9-10H2,(H,17,18). The van der Waals surface area contributed by atoms with Crippen molar-refractivity contribution in [1.82, 2.24) is 0 Å². The van der Waals surface area contributed by atoms with Gasteiger partial charge in [0, 0.05) is 6.42 Å². The molecule has 19 heavy (non-hydrogen) atoms. The number of hydrogen-bond donors (Lipinski definition) is 1. The fraction of sp³-hybridized carbons (Fsp3) is 0.133. The molecule has 98 valence electrons. The number of ether oxygens (including phenoxy) is 1. The first kappa shape index (κ1) is 13.1. The van der Waals surface area contributed by atoms with Crippen LogP contribution in [0.25, 0.3) is 0 Å². The molecule has 0 amide bonds. The molecular formula is C15H13FO3. The molecule has 0 spiro atoms. The van der Waals surface area contributed by atoms with Crippen molar-refractivity contribution in [2.45, 2.75) is 6.42 Å². The number of halogens is 1. The molecule has 3 nitrogen and oxygen atoms in total. The summed E-state index contributed by atoms with van der Waals surface area (Å²) >= 11 is 0. The van der Waals surface area contributed by atoms with E-state index in [0.29, 0.717) is 13.0 Å². The average Bonchev–Trinajstić information content (AvgIpc) is 2.39. The number of carboxylic acid groups (broad SMARTS) is 1. The Morgan fingerprint density at radius 3 is 2.53 bits per heavy atom. The molecule has 0 heterocycles. The van der Waals surface area contributed by atoms with Crippen molar-refractivity contribution in [3.05, 3.63) is 65.5 Å². The van der Waals surface area contributed by atoms with E-state index in [1.165, 1.54) is 12.1 Å². The van der Waals surface area contributed by atoms with Crippen LogP contribution in [0.15, 0.2) is 48.5 Å². The molecule has 2 aromatic carbocycles. The van der Waals surface area contributed by atoms with Gasteiger partial charge < -0.3 is 9.84 Å². The lowest BCUT2D eigenvalue weighted by Crippen LogP contribution is -2.08. The monoisotopic (exact) mass is 260 g/mol. The topological polar surface area (TPSA) is 46.5 Å². The van der Waals surface area contributed by atoms with Gasteiger partial charge in [0.1, 0.15) is 17.1 Å². The zero-order valence-corrected chi connectivity index (χ0v) is 10.2. The van der Waals surface area contributed by atoms with Gasteiger partial charge in [0.25, 0.3) is 0 Å². The summed E-state index contributed by atoms with van der Waals surface area (Å²) in [5.74, 6) is -2.05. The minimum Gasteiger partial charge on any atom is -0.492 e. The Balaban J connectivity index is 2.04. The van der Waals surface area contributed by atoms with Gasteiger partial charge in [0.15, 0.2) is 0 Å². The highest BCUT2D eigenvalue weighted by Crippen LogP contribution is 2.21. The predicted octanol–water partition coefficient (Wildman–Crippen LogP) is 3.15. The van der Waals surface area contributed by atoms with E-state index in [2.05, 4.69) is 0 Å². The minimum atomic E-state index is -1.33. The summed E-state index contributed by atoms with van der Waals surface area (Å²) in [4.78, 5) is 11.0. The lowest BCUT2D eigenvalue weighted by atomic mass is 10.1. The van der Waals surface area contributed by atoms with Crippen LogP contribution in [-0.2, 0) is 6.42 Å². The van der Waals surface area contributed by atoms with Gasteiger partial charge in [-0.1, -0.05) is 36.4 Å². The molecule has 2 rings (SSSR count). The third-order valence-electron chi connectivity index (χ3n) is 2.68. The molecular weight excluding hydrogens is 247 g/mol. The molecule has 0 aromatic heterocycles. The molecule has 2 aromatic rings. The van der Waals surface area contributed by atoms with Gasteiger partial charge in [-0.25, -0.2) is 9.18 Å². The number of rotatable bonds is 5. The molecule has 0 fully saturated rings. The fourth-order valence-electron chi connectivity index (χ4n) is 1.76. The van der Waals surface area contributed by atoms with Gasteiger partial charge in [-0.3, -0.25) is 0 Å². The number of carbonyl (C=O) groups is 1. The van der Waals surface area contributed by atoms with Crippen molar-refractivity contribution in [2.24, 2.45) is 0 Å². The van der Waals surface area contributed by atoms with E-state index in [-0.39, 0.29) is 5.75 Å². The van der Waals surface area contributed by atoms with Gasteiger partial charge in [0.2, 0.25) is 0 Å². The highest BCUT2D eigenvalue weighted by atomic mass is 19.1. The molecule has 0 aliphatic carbocycles. The molecule has 0 saturated carbocycles. The van der Waals surface area contributed by atoms with Crippen LogP contribution in [0, 0.1) is 5.82 Å². The summed E-state index contributed by atoms with van der Waals surface area (Å²) in [6.07, 6.45) is 0.635. The van der Waals surface area contributed by atoms with Crippen molar-refractivity contribution in [2.75, 3.05) is 6.61 Å². The lowest BCUT2D eigenvalue weighted by molar-refractivity contribution is 0.0687. The van der Waals surface area contributed by atoms with E-state index in [1.54, 1.807) is 0 Å². The van der Waals surface area contributed by atoms with Gasteiger partial charge in [0.05, 0.1) is 6.61 Å². The Morgan fingerprint density at radius 1 is 1.11 bits per heavy atom. The minimum absolute atomic E-state index is 0.0587. The maximum atomic E-state index is 13.4. The van der Waals surface area contributed by atoms with Gasteiger partial charge in [-0.15, -0.1) is 0 Å². The second kappa shape index (κ2) is 6.00. The quantitative estimate of drug-likeness (QED) is 0.898. The van der Waals surface area contributed by atoms with E-state index in [4.69, 9.17) is 9.84 Å². The second-order valence-corrected chi connectivity index (χ2v) is 4.00. The number of hydrogen-bond acceptors (Lipinski definition) is 2. The predicted molar refractivity (Wildman–Crippen MR) is 69.0 cm³/mol. The number of benzene rings is 2. The van der Waals surface area contributed by atoms with E-state index >= 15 is 0 Å². The normalized spacial score (nSPS) is 10.2. The average molecular weight is 260 g/mol. The first-order valence-corrected chi connectivity index (χ1v) is 5.87. The molecule has 0 saturated heterocycles. The summed E-state index contributed by atoms with van der Waals surface area (Å²) in [7, 11) is 0. The molecule has 0 atom stereocenters. The summed E-state index contributed by atoms with van der Waals surface area (Å²) in [5.41, 5.74) is 0.659. The zero-order chi connectivity index (χ0) is 13.7. The Hall–Kier alpha value is -2.36. The Morgan fingerprint density at radius 2 is 1.84 bits per heavy atom. The van der Waals surface area contributed by atoms with E-state index in [0.717, 1.165) is 11.6 Å². The summed E-state index contributed by atoms with van der Waals surface area (Å²) in [5, 5.41) is 8.94. The van der Waals surface area contributed by atoms with Gasteiger partial charge in [-0.05, 0) is 17.7 Å². The molecule has 0 aliphatic heterocycles. The molecule has 0 aliphatic rings. The highest BCUT2D eigenvalue weighted by Gasteiger charge is 2.16. The Kier molecular flexibility index (Phi) is 4.13. The van der Waals surface area contributed by atoms with E-state index in [9.17, 15) is 9.18 Å². The smallest absolute Gasteiger partial charge is 0.342 e. The van der Waals surface area contributed by atoms with Crippen LogP contribution in [0.3, 0.4) is 0 Å². The van der Waals surface area contributed by atoms with E-state index < -0.39 is 17.3 Å². The van der Waals surface area contributed by atoms with Crippen LogP contribution in [-0.4, -0.2) is 17.7 Å². The van der Waals surface area contributed by atoms with E-state index in [1.807, 2.05) is 30.3 Å². The molecule has 4 heteroatoms. The molecule has 0 bridgehead atoms. The van der Waals surface area contributed by atoms with Crippen LogP contribution >= 0.6 is 0 Å². The van der Waals surface area contributed by atoms with Crippen molar-refractivity contribution in [3.63, 3.8) is 0 Å². The van der Waals surface area contributed by atoms with Crippen LogP contribution in [0.4, 0.5) is 4.39 Å². The summed E-state index contributed by atoms with van der Waals surface area (Å²) < 4.78 is 18.8. The number of aromatic carboxylic acids is 1. The third kappa shape index (κ3) is 3.31. The largest absolute Gasteiger partial charge is 0.492 e. The maximum Gasteiger partial charge on any atom is 0.342 e. The van der Waals surface area contributed by atoms with Gasteiger partial charge >= 0.3 is 5.97 Å². The van der Waals surface area contributed by atoms with Gasteiger partial charge in [-0.2, -0.15) is 0 Å². The Labute approximate surface area is 110 Å². The first-order chi connectivity index (χ1) is 9.18. The molecule has 0 radical (unpaired) electrons. The Bertz CT molecular complexity index is 567. The third-order valence-corrected chi connectivity index (χ3v) is 2.68.